The fourth-order valence-electron chi connectivity index (χ4n) is 2.13. The van der Waals surface area contributed by atoms with Gasteiger partial charge in [0.2, 0.25) is 5.91 Å². The molecule has 0 bridgehead atoms. The van der Waals surface area contributed by atoms with Gasteiger partial charge in [-0.25, -0.2) is 0 Å². The van der Waals surface area contributed by atoms with Crippen molar-refractivity contribution in [2.45, 2.75) is 26.8 Å². The summed E-state index contributed by atoms with van der Waals surface area (Å²) in [5, 5.41) is 6.24. The van der Waals surface area contributed by atoms with E-state index in [2.05, 4.69) is 51.7 Å². The molecule has 0 aliphatic heterocycles. The van der Waals surface area contributed by atoms with Crippen LogP contribution in [-0.4, -0.2) is 12.5 Å². The summed E-state index contributed by atoms with van der Waals surface area (Å²) in [5.74, 6) is 0.0582. The first kappa shape index (κ1) is 16.6. The van der Waals surface area contributed by atoms with Crippen LogP contribution in [0.4, 0.5) is 5.69 Å². The Morgan fingerprint density at radius 2 is 1.82 bits per heavy atom. The van der Waals surface area contributed by atoms with Gasteiger partial charge in [-0.1, -0.05) is 45.8 Å². The lowest BCUT2D eigenvalue weighted by atomic mass is 10.1. The number of hydrogen-bond acceptors (Lipinski definition) is 2. The molecule has 0 saturated heterocycles. The first-order chi connectivity index (χ1) is 10.5. The van der Waals surface area contributed by atoms with Crippen LogP contribution in [0.5, 0.6) is 0 Å². The second kappa shape index (κ2) is 7.99. The molecule has 0 spiro atoms. The molecule has 2 N–H and O–H groups in total. The van der Waals surface area contributed by atoms with E-state index in [-0.39, 0.29) is 5.91 Å². The highest BCUT2D eigenvalue weighted by Gasteiger charge is 2.03. The second-order valence-corrected chi connectivity index (χ2v) is 6.31. The van der Waals surface area contributed by atoms with Crippen LogP contribution in [0.15, 0.2) is 46.9 Å². The molecule has 0 atom stereocenters. The number of aryl methyl sites for hydroxylation is 2. The van der Waals surface area contributed by atoms with Gasteiger partial charge >= 0.3 is 0 Å². The van der Waals surface area contributed by atoms with E-state index in [1.807, 2.05) is 31.2 Å². The van der Waals surface area contributed by atoms with Gasteiger partial charge in [-0.05, 0) is 43.2 Å². The molecule has 2 aromatic rings. The summed E-state index contributed by atoms with van der Waals surface area (Å²) in [4.78, 5) is 11.9. The Morgan fingerprint density at radius 1 is 1.09 bits per heavy atom. The van der Waals surface area contributed by atoms with Crippen molar-refractivity contribution in [2.75, 3.05) is 11.9 Å². The summed E-state index contributed by atoms with van der Waals surface area (Å²) >= 11 is 3.44. The molecule has 0 aromatic heterocycles. The summed E-state index contributed by atoms with van der Waals surface area (Å²) < 4.78 is 1.06. The molecule has 2 aromatic carbocycles. The van der Waals surface area contributed by atoms with Crippen LogP contribution in [0, 0.1) is 13.8 Å². The van der Waals surface area contributed by atoms with Gasteiger partial charge in [-0.15, -0.1) is 0 Å². The molecule has 22 heavy (non-hydrogen) atoms. The van der Waals surface area contributed by atoms with Gasteiger partial charge in [0.25, 0.3) is 0 Å². The quantitative estimate of drug-likeness (QED) is 0.810. The van der Waals surface area contributed by atoms with Crippen molar-refractivity contribution in [3.05, 3.63) is 63.6 Å². The highest BCUT2D eigenvalue weighted by molar-refractivity contribution is 9.10. The van der Waals surface area contributed by atoms with Crippen molar-refractivity contribution in [1.29, 1.82) is 0 Å². The summed E-state index contributed by atoms with van der Waals surface area (Å²) in [5.41, 5.74) is 4.57. The molecule has 3 nitrogen and oxygen atoms in total. The molecule has 0 unspecified atom stereocenters. The molecular weight excluding hydrogens is 340 g/mol. The summed E-state index contributed by atoms with van der Waals surface area (Å²) in [6.45, 7) is 5.31. The zero-order valence-corrected chi connectivity index (χ0v) is 14.5. The topological polar surface area (TPSA) is 41.1 Å². The largest absolute Gasteiger partial charge is 0.384 e. The molecule has 0 fully saturated rings. The number of nitrogens with one attached hydrogen (secondary N) is 2. The Labute approximate surface area is 140 Å². The molecule has 2 rings (SSSR count). The van der Waals surface area contributed by atoms with E-state index < -0.39 is 0 Å². The van der Waals surface area contributed by atoms with E-state index >= 15 is 0 Å². The number of carbonyl (C=O) groups is 1. The van der Waals surface area contributed by atoms with Crippen LogP contribution in [0.25, 0.3) is 0 Å². The Hall–Kier alpha value is -1.81. The van der Waals surface area contributed by atoms with Crippen molar-refractivity contribution in [1.82, 2.24) is 5.32 Å². The van der Waals surface area contributed by atoms with Crippen molar-refractivity contribution < 1.29 is 4.79 Å². The predicted octanol–water partition coefficient (Wildman–Crippen LogP) is 4.18. The Morgan fingerprint density at radius 3 is 2.50 bits per heavy atom. The molecule has 0 radical (unpaired) electrons. The lowest BCUT2D eigenvalue weighted by molar-refractivity contribution is -0.121. The molecule has 0 saturated carbocycles. The minimum absolute atomic E-state index is 0.0582. The lowest BCUT2D eigenvalue weighted by Gasteiger charge is -2.10. The summed E-state index contributed by atoms with van der Waals surface area (Å²) in [6, 6.07) is 14.3. The summed E-state index contributed by atoms with van der Waals surface area (Å²) in [6.07, 6.45) is 0.460. The normalized spacial score (nSPS) is 10.3. The van der Waals surface area contributed by atoms with E-state index in [1.54, 1.807) is 0 Å². The number of amides is 1. The van der Waals surface area contributed by atoms with Crippen LogP contribution in [0.3, 0.4) is 0 Å². The van der Waals surface area contributed by atoms with Crippen LogP contribution >= 0.6 is 15.9 Å². The maximum absolute atomic E-state index is 11.9. The highest BCUT2D eigenvalue weighted by atomic mass is 79.9. The molecule has 4 heteroatoms. The zero-order valence-electron chi connectivity index (χ0n) is 12.9. The lowest BCUT2D eigenvalue weighted by Crippen LogP contribution is -2.24. The minimum Gasteiger partial charge on any atom is -0.384 e. The first-order valence-electron chi connectivity index (χ1n) is 7.37. The fourth-order valence-corrected chi connectivity index (χ4v) is 2.61. The van der Waals surface area contributed by atoms with Gasteiger partial charge < -0.3 is 10.6 Å². The van der Waals surface area contributed by atoms with E-state index in [0.29, 0.717) is 19.5 Å². The molecule has 0 aliphatic carbocycles. The SMILES string of the molecule is Cc1ccc(CNC(=O)CCNc2ccc(Br)cc2C)cc1. The third-order valence-corrected chi connectivity index (χ3v) is 3.96. The van der Waals surface area contributed by atoms with Gasteiger partial charge in [0.05, 0.1) is 0 Å². The third kappa shape index (κ3) is 5.19. The van der Waals surface area contributed by atoms with Crippen LogP contribution in [0.2, 0.25) is 0 Å². The van der Waals surface area contributed by atoms with E-state index in [0.717, 1.165) is 21.3 Å². The van der Waals surface area contributed by atoms with Crippen molar-refractivity contribution in [2.24, 2.45) is 0 Å². The number of benzene rings is 2. The van der Waals surface area contributed by atoms with Gasteiger partial charge in [-0.3, -0.25) is 4.79 Å². The molecule has 0 heterocycles. The maximum atomic E-state index is 11.9. The fraction of sp³-hybridized carbons (Fsp3) is 0.278. The summed E-state index contributed by atoms with van der Waals surface area (Å²) in [7, 11) is 0. The van der Waals surface area contributed by atoms with E-state index in [1.165, 1.54) is 5.56 Å². The van der Waals surface area contributed by atoms with Gasteiger partial charge in [0.15, 0.2) is 0 Å². The Balaban J connectivity index is 1.72. The molecular formula is C18H21BrN2O. The Bertz CT molecular complexity index is 638. The van der Waals surface area contributed by atoms with Crippen molar-refractivity contribution in [3.63, 3.8) is 0 Å². The standard InChI is InChI=1S/C18H21BrN2O/c1-13-3-5-15(6-4-13)12-21-18(22)9-10-20-17-8-7-16(19)11-14(17)2/h3-8,11,20H,9-10,12H2,1-2H3,(H,21,22). The number of carbonyl (C=O) groups excluding carboxylic acids is 1. The van der Waals surface area contributed by atoms with E-state index in [9.17, 15) is 4.79 Å². The Kier molecular flexibility index (Phi) is 6.01. The van der Waals surface area contributed by atoms with Gasteiger partial charge in [0.1, 0.15) is 0 Å². The van der Waals surface area contributed by atoms with Crippen molar-refractivity contribution >= 4 is 27.5 Å². The number of halogens is 1. The van der Waals surface area contributed by atoms with Crippen LogP contribution < -0.4 is 10.6 Å². The smallest absolute Gasteiger partial charge is 0.222 e. The first-order valence-corrected chi connectivity index (χ1v) is 8.16. The number of anilines is 1. The third-order valence-electron chi connectivity index (χ3n) is 3.47. The number of hydrogen-bond donors (Lipinski definition) is 2. The van der Waals surface area contributed by atoms with Crippen LogP contribution in [-0.2, 0) is 11.3 Å². The van der Waals surface area contributed by atoms with Gasteiger partial charge in [-0.2, -0.15) is 0 Å². The molecule has 116 valence electrons. The average Bonchev–Trinajstić information content (AvgIpc) is 2.49. The zero-order chi connectivity index (χ0) is 15.9. The van der Waals surface area contributed by atoms with Crippen LogP contribution in [0.1, 0.15) is 23.1 Å². The number of rotatable bonds is 6. The minimum atomic E-state index is 0.0582. The predicted molar refractivity (Wildman–Crippen MR) is 95.0 cm³/mol. The van der Waals surface area contributed by atoms with Crippen molar-refractivity contribution in [3.8, 4) is 0 Å². The monoisotopic (exact) mass is 360 g/mol. The average molecular weight is 361 g/mol. The molecule has 1 amide bonds. The van der Waals surface area contributed by atoms with Gasteiger partial charge in [0, 0.05) is 29.7 Å². The second-order valence-electron chi connectivity index (χ2n) is 5.40. The maximum Gasteiger partial charge on any atom is 0.222 e. The molecule has 0 aliphatic rings. The van der Waals surface area contributed by atoms with E-state index in [4.69, 9.17) is 0 Å². The highest BCUT2D eigenvalue weighted by Crippen LogP contribution is 2.19.